The molecule has 0 saturated carbocycles. The first-order valence-electron chi connectivity index (χ1n) is 8.85. The van der Waals surface area contributed by atoms with Gasteiger partial charge in [-0.25, -0.2) is 4.68 Å². The number of carbonyl (C=O) groups is 1. The Balaban J connectivity index is 1.56. The number of hydrogen-bond acceptors (Lipinski definition) is 5. The number of amides is 1. The number of pyridine rings is 1. The summed E-state index contributed by atoms with van der Waals surface area (Å²) in [4.78, 5) is 16.7. The molecule has 0 atom stereocenters. The zero-order valence-electron chi connectivity index (χ0n) is 14.7. The minimum Gasteiger partial charge on any atom is -0.350 e. The van der Waals surface area contributed by atoms with Gasteiger partial charge in [0.25, 0.3) is 5.91 Å². The van der Waals surface area contributed by atoms with Gasteiger partial charge in [0, 0.05) is 29.7 Å². The van der Waals surface area contributed by atoms with Gasteiger partial charge in [0.05, 0.1) is 11.4 Å². The van der Waals surface area contributed by atoms with Crippen molar-refractivity contribution in [2.24, 2.45) is 5.92 Å². The average molecular weight is 367 g/mol. The van der Waals surface area contributed by atoms with E-state index in [0.29, 0.717) is 18.2 Å². The van der Waals surface area contributed by atoms with E-state index in [2.05, 4.69) is 20.6 Å². The van der Waals surface area contributed by atoms with Gasteiger partial charge < -0.3 is 5.32 Å². The second-order valence-corrected chi connectivity index (χ2v) is 7.80. The zero-order chi connectivity index (χ0) is 17.9. The maximum Gasteiger partial charge on any atom is 0.273 e. The number of aromatic nitrogens is 4. The van der Waals surface area contributed by atoms with Gasteiger partial charge in [-0.15, -0.1) is 5.10 Å². The van der Waals surface area contributed by atoms with Crippen LogP contribution in [0.2, 0.25) is 0 Å². The van der Waals surface area contributed by atoms with E-state index < -0.39 is 0 Å². The highest BCUT2D eigenvalue weighted by atomic mass is 32.2. The summed E-state index contributed by atoms with van der Waals surface area (Å²) >= 11 is 1.99. The van der Waals surface area contributed by atoms with Crippen molar-refractivity contribution in [1.82, 2.24) is 25.3 Å². The van der Waals surface area contributed by atoms with Gasteiger partial charge in [-0.3, -0.25) is 9.78 Å². The molecule has 6 nitrogen and oxygen atoms in total. The van der Waals surface area contributed by atoms with Crippen LogP contribution in [-0.2, 0) is 0 Å². The highest BCUT2D eigenvalue weighted by Gasteiger charge is 2.20. The molecule has 1 saturated heterocycles. The monoisotopic (exact) mass is 367 g/mol. The third kappa shape index (κ3) is 3.31. The molecule has 4 rings (SSSR count). The molecule has 1 amide bonds. The predicted octanol–water partition coefficient (Wildman–Crippen LogP) is 3.00. The summed E-state index contributed by atoms with van der Waals surface area (Å²) in [6.07, 6.45) is 5.91. The van der Waals surface area contributed by atoms with Crippen LogP contribution < -0.4 is 5.32 Å². The summed E-state index contributed by atoms with van der Waals surface area (Å²) in [7, 11) is 0. The Labute approximate surface area is 156 Å². The van der Waals surface area contributed by atoms with Crippen LogP contribution in [0.15, 0.2) is 36.7 Å². The lowest BCUT2D eigenvalue weighted by Crippen LogP contribution is -2.31. The Morgan fingerprint density at radius 2 is 2.15 bits per heavy atom. The number of fused-ring (bicyclic) bond motifs is 1. The summed E-state index contributed by atoms with van der Waals surface area (Å²) in [5.41, 5.74) is 2.03. The second kappa shape index (κ2) is 7.45. The van der Waals surface area contributed by atoms with E-state index in [4.69, 9.17) is 0 Å². The topological polar surface area (TPSA) is 72.7 Å². The molecule has 0 bridgehead atoms. The zero-order valence-corrected chi connectivity index (χ0v) is 15.5. The SMILES string of the molecule is Cc1c(C(=O)NCC2CCSCC2)nnn1-c1cccc2cnccc12. The van der Waals surface area contributed by atoms with Crippen LogP contribution in [-0.4, -0.2) is 43.9 Å². The Hall–Kier alpha value is -2.41. The maximum absolute atomic E-state index is 12.6. The number of nitrogens with zero attached hydrogens (tertiary/aromatic N) is 4. The van der Waals surface area contributed by atoms with E-state index in [9.17, 15) is 4.79 Å². The molecule has 1 aliphatic rings. The van der Waals surface area contributed by atoms with Gasteiger partial charge in [-0.2, -0.15) is 11.8 Å². The van der Waals surface area contributed by atoms with Crippen molar-refractivity contribution in [2.45, 2.75) is 19.8 Å². The van der Waals surface area contributed by atoms with Crippen molar-refractivity contribution in [3.05, 3.63) is 48.0 Å². The van der Waals surface area contributed by atoms with Crippen LogP contribution in [0.25, 0.3) is 16.5 Å². The highest BCUT2D eigenvalue weighted by molar-refractivity contribution is 7.99. The number of hydrogen-bond donors (Lipinski definition) is 1. The molecule has 0 aliphatic carbocycles. The van der Waals surface area contributed by atoms with Gasteiger partial charge in [0.2, 0.25) is 0 Å². The average Bonchev–Trinajstić information content (AvgIpc) is 3.08. The van der Waals surface area contributed by atoms with Crippen molar-refractivity contribution in [2.75, 3.05) is 18.1 Å². The van der Waals surface area contributed by atoms with E-state index in [-0.39, 0.29) is 5.91 Å². The molecule has 0 unspecified atom stereocenters. The van der Waals surface area contributed by atoms with Gasteiger partial charge in [0.15, 0.2) is 5.69 Å². The number of nitrogens with one attached hydrogen (secondary N) is 1. The Morgan fingerprint density at radius 3 is 3.00 bits per heavy atom. The number of carbonyl (C=O) groups excluding carboxylic acids is 1. The van der Waals surface area contributed by atoms with Gasteiger partial charge >= 0.3 is 0 Å². The minimum atomic E-state index is -0.145. The van der Waals surface area contributed by atoms with E-state index in [1.807, 2.05) is 49.1 Å². The van der Waals surface area contributed by atoms with Crippen molar-refractivity contribution in [1.29, 1.82) is 0 Å². The molecule has 7 heteroatoms. The summed E-state index contributed by atoms with van der Waals surface area (Å²) < 4.78 is 1.73. The lowest BCUT2D eigenvalue weighted by Gasteiger charge is -2.21. The quantitative estimate of drug-likeness (QED) is 0.767. The van der Waals surface area contributed by atoms with Gasteiger partial charge in [-0.05, 0) is 49.3 Å². The Bertz CT molecular complexity index is 927. The predicted molar refractivity (Wildman–Crippen MR) is 104 cm³/mol. The summed E-state index contributed by atoms with van der Waals surface area (Å²) in [5, 5.41) is 13.5. The second-order valence-electron chi connectivity index (χ2n) is 6.57. The number of thioether (sulfide) groups is 1. The third-order valence-electron chi connectivity index (χ3n) is 4.89. The molecule has 1 fully saturated rings. The minimum absolute atomic E-state index is 0.145. The van der Waals surface area contributed by atoms with E-state index in [1.54, 1.807) is 10.9 Å². The molecule has 1 aliphatic heterocycles. The molecule has 134 valence electrons. The Morgan fingerprint density at radius 1 is 1.31 bits per heavy atom. The molecule has 3 aromatic rings. The van der Waals surface area contributed by atoms with Crippen molar-refractivity contribution in [3.63, 3.8) is 0 Å². The van der Waals surface area contributed by atoms with Crippen molar-refractivity contribution >= 4 is 28.4 Å². The molecule has 26 heavy (non-hydrogen) atoms. The van der Waals surface area contributed by atoms with Gasteiger partial charge in [0.1, 0.15) is 0 Å². The lowest BCUT2D eigenvalue weighted by atomic mass is 10.0. The van der Waals surface area contributed by atoms with Crippen LogP contribution in [0, 0.1) is 12.8 Å². The molecule has 0 spiro atoms. The maximum atomic E-state index is 12.6. The fourth-order valence-corrected chi connectivity index (χ4v) is 4.53. The highest BCUT2D eigenvalue weighted by Crippen LogP contribution is 2.23. The molecule has 0 radical (unpaired) electrons. The molecule has 1 N–H and O–H groups in total. The number of benzene rings is 1. The smallest absolute Gasteiger partial charge is 0.273 e. The molecular formula is C19H21N5OS. The van der Waals surface area contributed by atoms with Crippen LogP contribution in [0.5, 0.6) is 0 Å². The first-order valence-corrected chi connectivity index (χ1v) is 10.0. The normalized spacial score (nSPS) is 15.3. The van der Waals surface area contributed by atoms with Gasteiger partial charge in [-0.1, -0.05) is 17.3 Å². The fraction of sp³-hybridized carbons (Fsp3) is 0.368. The van der Waals surface area contributed by atoms with Crippen molar-refractivity contribution in [3.8, 4) is 5.69 Å². The van der Waals surface area contributed by atoms with E-state index >= 15 is 0 Å². The summed E-state index contributed by atoms with van der Waals surface area (Å²) in [6, 6.07) is 7.90. The van der Waals surface area contributed by atoms with E-state index in [1.165, 1.54) is 24.3 Å². The number of rotatable bonds is 4. The van der Waals surface area contributed by atoms with Crippen LogP contribution in [0.4, 0.5) is 0 Å². The van der Waals surface area contributed by atoms with Crippen LogP contribution >= 0.6 is 11.8 Å². The molecule has 3 heterocycles. The van der Waals surface area contributed by atoms with Crippen LogP contribution in [0.1, 0.15) is 29.0 Å². The molecular weight excluding hydrogens is 346 g/mol. The first kappa shape index (κ1) is 17.0. The van der Waals surface area contributed by atoms with Crippen LogP contribution in [0.3, 0.4) is 0 Å². The van der Waals surface area contributed by atoms with E-state index in [0.717, 1.165) is 22.2 Å². The largest absolute Gasteiger partial charge is 0.350 e. The summed E-state index contributed by atoms with van der Waals surface area (Å²) in [6.45, 7) is 2.60. The lowest BCUT2D eigenvalue weighted by molar-refractivity contribution is 0.0940. The molecule has 1 aromatic carbocycles. The third-order valence-corrected chi connectivity index (χ3v) is 5.94. The Kier molecular flexibility index (Phi) is 4.88. The first-order chi connectivity index (χ1) is 12.7. The molecule has 2 aromatic heterocycles. The summed E-state index contributed by atoms with van der Waals surface area (Å²) in [5.74, 6) is 2.80. The standard InChI is InChI=1S/C19H21N5OS/c1-13-18(19(25)21-11-14-6-9-26-10-7-14)22-23-24(13)17-4-2-3-15-12-20-8-5-16(15)17/h2-5,8,12,14H,6-7,9-11H2,1H3,(H,21,25). The van der Waals surface area contributed by atoms with Crippen molar-refractivity contribution < 1.29 is 4.79 Å². The fourth-order valence-electron chi connectivity index (χ4n) is 3.33.